The number of carbonyl (C=O) groups excluding carboxylic acids is 1. The van der Waals surface area contributed by atoms with Gasteiger partial charge in [0.25, 0.3) is 0 Å². The van der Waals surface area contributed by atoms with Crippen LogP contribution in [0.4, 0.5) is 0 Å². The Balaban J connectivity index is 1.97. The number of carboxylic acid groups (broad SMARTS) is 1. The molecule has 0 aliphatic carbocycles. The molecule has 1 aliphatic rings. The molecule has 1 atom stereocenters. The first-order valence-corrected chi connectivity index (χ1v) is 6.01. The molecule has 96 valence electrons. The van der Waals surface area contributed by atoms with Crippen LogP contribution in [-0.2, 0) is 11.3 Å². The molecule has 1 aromatic carbocycles. The van der Waals surface area contributed by atoms with Crippen molar-refractivity contribution in [3.63, 3.8) is 0 Å². The second-order valence-electron chi connectivity index (χ2n) is 4.33. The SMILES string of the molecule is O=C(O)c1ccccc1CNC(=O)[C@@H]1CCCN1. The first-order valence-electron chi connectivity index (χ1n) is 6.01. The zero-order valence-electron chi connectivity index (χ0n) is 9.98. The molecular formula is C13H16N2O3. The number of aromatic carboxylic acids is 1. The van der Waals surface area contributed by atoms with Gasteiger partial charge in [-0.15, -0.1) is 0 Å². The molecule has 18 heavy (non-hydrogen) atoms. The van der Waals surface area contributed by atoms with Gasteiger partial charge in [0, 0.05) is 6.54 Å². The Morgan fingerprint density at radius 3 is 2.83 bits per heavy atom. The van der Waals surface area contributed by atoms with E-state index in [9.17, 15) is 9.59 Å². The zero-order chi connectivity index (χ0) is 13.0. The van der Waals surface area contributed by atoms with Crippen LogP contribution in [0.15, 0.2) is 24.3 Å². The highest BCUT2D eigenvalue weighted by atomic mass is 16.4. The van der Waals surface area contributed by atoms with Crippen LogP contribution in [0.3, 0.4) is 0 Å². The van der Waals surface area contributed by atoms with Crippen LogP contribution in [0.25, 0.3) is 0 Å². The number of nitrogens with one attached hydrogen (secondary N) is 2. The van der Waals surface area contributed by atoms with E-state index in [1.54, 1.807) is 18.2 Å². The number of benzene rings is 1. The molecule has 1 saturated heterocycles. The Bertz CT molecular complexity index is 453. The van der Waals surface area contributed by atoms with Crippen LogP contribution in [-0.4, -0.2) is 29.6 Å². The maximum atomic E-state index is 11.8. The highest BCUT2D eigenvalue weighted by Crippen LogP contribution is 2.09. The predicted molar refractivity (Wildman–Crippen MR) is 66.3 cm³/mol. The third-order valence-corrected chi connectivity index (χ3v) is 3.08. The topological polar surface area (TPSA) is 78.4 Å². The van der Waals surface area contributed by atoms with Crippen LogP contribution >= 0.6 is 0 Å². The summed E-state index contributed by atoms with van der Waals surface area (Å²) in [4.78, 5) is 22.8. The van der Waals surface area contributed by atoms with Crippen LogP contribution < -0.4 is 10.6 Å². The molecule has 1 aromatic rings. The highest BCUT2D eigenvalue weighted by Gasteiger charge is 2.21. The summed E-state index contributed by atoms with van der Waals surface area (Å²) in [5, 5.41) is 14.9. The lowest BCUT2D eigenvalue weighted by Crippen LogP contribution is -2.40. The number of hydrogen-bond acceptors (Lipinski definition) is 3. The van der Waals surface area contributed by atoms with Crippen molar-refractivity contribution in [3.05, 3.63) is 35.4 Å². The Labute approximate surface area is 105 Å². The summed E-state index contributed by atoms with van der Waals surface area (Å²) < 4.78 is 0. The van der Waals surface area contributed by atoms with E-state index in [4.69, 9.17) is 5.11 Å². The smallest absolute Gasteiger partial charge is 0.336 e. The van der Waals surface area contributed by atoms with E-state index in [2.05, 4.69) is 10.6 Å². The fraction of sp³-hybridized carbons (Fsp3) is 0.385. The van der Waals surface area contributed by atoms with Crippen LogP contribution in [0, 0.1) is 0 Å². The number of carbonyl (C=O) groups is 2. The summed E-state index contributed by atoms with van der Waals surface area (Å²) in [5.74, 6) is -1.04. The van der Waals surface area contributed by atoms with Crippen molar-refractivity contribution < 1.29 is 14.7 Å². The average Bonchev–Trinajstić information content (AvgIpc) is 2.90. The molecule has 3 N–H and O–H groups in total. The first-order chi connectivity index (χ1) is 8.68. The fourth-order valence-electron chi connectivity index (χ4n) is 2.10. The minimum atomic E-state index is -0.973. The second-order valence-corrected chi connectivity index (χ2v) is 4.33. The number of hydrogen-bond donors (Lipinski definition) is 3. The van der Waals surface area contributed by atoms with Crippen molar-refractivity contribution in [2.24, 2.45) is 0 Å². The van der Waals surface area contributed by atoms with Crippen molar-refractivity contribution >= 4 is 11.9 Å². The quantitative estimate of drug-likeness (QED) is 0.735. The first kappa shape index (κ1) is 12.6. The number of amides is 1. The lowest BCUT2D eigenvalue weighted by molar-refractivity contribution is -0.122. The third-order valence-electron chi connectivity index (χ3n) is 3.08. The van der Waals surface area contributed by atoms with E-state index < -0.39 is 5.97 Å². The largest absolute Gasteiger partial charge is 0.478 e. The summed E-state index contributed by atoms with van der Waals surface area (Å²) in [6, 6.07) is 6.56. The van der Waals surface area contributed by atoms with Crippen molar-refractivity contribution in [2.75, 3.05) is 6.54 Å². The van der Waals surface area contributed by atoms with Crippen molar-refractivity contribution in [3.8, 4) is 0 Å². The van der Waals surface area contributed by atoms with Gasteiger partial charge in [-0.2, -0.15) is 0 Å². The van der Waals surface area contributed by atoms with Gasteiger partial charge in [0.15, 0.2) is 0 Å². The molecule has 0 unspecified atom stereocenters. The molecule has 1 heterocycles. The Hall–Kier alpha value is -1.88. The van der Waals surface area contributed by atoms with Gasteiger partial charge < -0.3 is 15.7 Å². The molecule has 5 heteroatoms. The number of rotatable bonds is 4. The summed E-state index contributed by atoms with van der Waals surface area (Å²) in [5.41, 5.74) is 0.855. The monoisotopic (exact) mass is 248 g/mol. The summed E-state index contributed by atoms with van der Waals surface area (Å²) >= 11 is 0. The summed E-state index contributed by atoms with van der Waals surface area (Å²) in [7, 11) is 0. The van der Waals surface area contributed by atoms with Crippen LogP contribution in [0.1, 0.15) is 28.8 Å². The van der Waals surface area contributed by atoms with E-state index in [1.807, 2.05) is 0 Å². The van der Waals surface area contributed by atoms with E-state index in [0.717, 1.165) is 19.4 Å². The van der Waals surface area contributed by atoms with Crippen LogP contribution in [0.2, 0.25) is 0 Å². The average molecular weight is 248 g/mol. The van der Waals surface area contributed by atoms with Gasteiger partial charge in [-0.05, 0) is 31.0 Å². The minimum Gasteiger partial charge on any atom is -0.478 e. The van der Waals surface area contributed by atoms with Gasteiger partial charge in [-0.1, -0.05) is 18.2 Å². The Morgan fingerprint density at radius 1 is 1.39 bits per heavy atom. The van der Waals surface area contributed by atoms with Gasteiger partial charge in [0.1, 0.15) is 0 Å². The van der Waals surface area contributed by atoms with Crippen molar-refractivity contribution in [2.45, 2.75) is 25.4 Å². The molecule has 0 spiro atoms. The van der Waals surface area contributed by atoms with Gasteiger partial charge in [0.2, 0.25) is 5.91 Å². The minimum absolute atomic E-state index is 0.0623. The molecule has 1 fully saturated rings. The molecule has 0 saturated carbocycles. The fourth-order valence-corrected chi connectivity index (χ4v) is 2.10. The number of carboxylic acids is 1. The lowest BCUT2D eigenvalue weighted by Gasteiger charge is -2.12. The van der Waals surface area contributed by atoms with E-state index in [-0.39, 0.29) is 24.1 Å². The van der Waals surface area contributed by atoms with Gasteiger partial charge in [-0.25, -0.2) is 4.79 Å². The highest BCUT2D eigenvalue weighted by molar-refractivity contribution is 5.89. The van der Waals surface area contributed by atoms with Crippen molar-refractivity contribution in [1.82, 2.24) is 10.6 Å². The standard InChI is InChI=1S/C13H16N2O3/c16-12(11-6-3-7-14-11)15-8-9-4-1-2-5-10(9)13(17)18/h1-2,4-5,11,14H,3,6-8H2,(H,15,16)(H,17,18)/t11-/m0/s1. The second kappa shape index (κ2) is 5.64. The molecule has 0 aromatic heterocycles. The molecule has 1 amide bonds. The van der Waals surface area contributed by atoms with E-state index in [0.29, 0.717) is 5.56 Å². The van der Waals surface area contributed by atoms with Gasteiger partial charge in [0.05, 0.1) is 11.6 Å². The molecule has 0 bridgehead atoms. The van der Waals surface area contributed by atoms with Gasteiger partial charge in [-0.3, -0.25) is 4.79 Å². The van der Waals surface area contributed by atoms with Gasteiger partial charge >= 0.3 is 5.97 Å². The molecular weight excluding hydrogens is 232 g/mol. The molecule has 0 radical (unpaired) electrons. The van der Waals surface area contributed by atoms with Crippen molar-refractivity contribution in [1.29, 1.82) is 0 Å². The maximum absolute atomic E-state index is 11.8. The predicted octanol–water partition coefficient (Wildman–Crippen LogP) is 0.753. The third kappa shape index (κ3) is 2.87. The van der Waals surface area contributed by atoms with E-state index in [1.165, 1.54) is 6.07 Å². The maximum Gasteiger partial charge on any atom is 0.336 e. The Kier molecular flexibility index (Phi) is 3.94. The Morgan fingerprint density at radius 2 is 2.17 bits per heavy atom. The molecule has 5 nitrogen and oxygen atoms in total. The molecule has 2 rings (SSSR count). The molecule has 1 aliphatic heterocycles. The zero-order valence-corrected chi connectivity index (χ0v) is 9.98. The lowest BCUT2D eigenvalue weighted by atomic mass is 10.1. The van der Waals surface area contributed by atoms with Crippen LogP contribution in [0.5, 0.6) is 0 Å². The van der Waals surface area contributed by atoms with E-state index >= 15 is 0 Å². The normalized spacial score (nSPS) is 18.6. The summed E-state index contributed by atoms with van der Waals surface area (Å²) in [6.45, 7) is 1.11. The summed E-state index contributed by atoms with van der Waals surface area (Å²) in [6.07, 6.45) is 1.84.